The molecule has 0 aliphatic heterocycles. The minimum Gasteiger partial charge on any atom is -0.399 e. The third-order valence-electron chi connectivity index (χ3n) is 3.14. The van der Waals surface area contributed by atoms with Crippen LogP contribution in [0.25, 0.3) is 5.57 Å². The van der Waals surface area contributed by atoms with Gasteiger partial charge in [-0.1, -0.05) is 36.0 Å². The maximum Gasteiger partial charge on any atom is 0.271 e. The van der Waals surface area contributed by atoms with Crippen molar-refractivity contribution in [2.45, 2.75) is 17.7 Å². The van der Waals surface area contributed by atoms with Crippen molar-refractivity contribution in [3.05, 3.63) is 64.7 Å². The monoisotopic (exact) mass is 331 g/mol. The lowest BCUT2D eigenvalue weighted by Crippen LogP contribution is -2.11. The molecule has 0 fully saturated rings. The van der Waals surface area contributed by atoms with Crippen LogP contribution in [0, 0.1) is 11.3 Å². The average molecular weight is 331 g/mol. The first-order valence-corrected chi connectivity index (χ1v) is 7.55. The molecule has 0 saturated carbocycles. The van der Waals surface area contributed by atoms with Crippen LogP contribution in [0.4, 0.5) is 14.5 Å². The third-order valence-corrected chi connectivity index (χ3v) is 4.07. The van der Waals surface area contributed by atoms with E-state index in [1.165, 1.54) is 18.2 Å². The van der Waals surface area contributed by atoms with Crippen molar-refractivity contribution in [1.82, 2.24) is 0 Å². The minimum atomic E-state index is -3.06. The van der Waals surface area contributed by atoms with Crippen LogP contribution in [0.1, 0.15) is 18.1 Å². The van der Waals surface area contributed by atoms with Gasteiger partial charge in [0.2, 0.25) is 0 Å². The number of alkyl halides is 2. The fourth-order valence-electron chi connectivity index (χ4n) is 2.05. The van der Waals surface area contributed by atoms with E-state index in [-0.39, 0.29) is 21.7 Å². The molecule has 118 valence electrons. The number of hydrogen-bond acceptors (Lipinski definition) is 4. The molecule has 2 aromatic carbocycles. The topological polar surface area (TPSA) is 75.8 Å². The van der Waals surface area contributed by atoms with E-state index in [1.54, 1.807) is 30.3 Å². The Hall–Kier alpha value is -2.52. The second kappa shape index (κ2) is 6.71. The van der Waals surface area contributed by atoms with Crippen molar-refractivity contribution < 1.29 is 8.78 Å². The highest BCUT2D eigenvalue weighted by molar-refractivity contribution is 8.03. The normalized spacial score (nSPS) is 12.4. The number of rotatable bonds is 4. The Morgan fingerprint density at radius 2 is 1.74 bits per heavy atom. The summed E-state index contributed by atoms with van der Waals surface area (Å²) in [4.78, 5) is 0.769. The lowest BCUT2D eigenvalue weighted by molar-refractivity contribution is 0.0172. The minimum absolute atomic E-state index is 0.0314. The fraction of sp³-hybridized carbons (Fsp3) is 0.118. The number of anilines is 1. The highest BCUT2D eigenvalue weighted by Crippen LogP contribution is 2.36. The lowest BCUT2D eigenvalue weighted by Gasteiger charge is -2.16. The first kappa shape index (κ1) is 16.8. The molecule has 6 heteroatoms. The molecule has 0 unspecified atom stereocenters. The van der Waals surface area contributed by atoms with Crippen molar-refractivity contribution in [1.29, 1.82) is 5.26 Å². The molecule has 4 N–H and O–H groups in total. The highest BCUT2D eigenvalue weighted by Gasteiger charge is 2.29. The van der Waals surface area contributed by atoms with E-state index in [2.05, 4.69) is 0 Å². The van der Waals surface area contributed by atoms with Crippen LogP contribution in [0.3, 0.4) is 0 Å². The Kier molecular flexibility index (Phi) is 4.92. The zero-order chi connectivity index (χ0) is 17.0. The summed E-state index contributed by atoms with van der Waals surface area (Å²) < 4.78 is 27.5. The van der Waals surface area contributed by atoms with Crippen molar-refractivity contribution in [3.63, 3.8) is 0 Å². The first-order valence-electron chi connectivity index (χ1n) is 6.74. The summed E-state index contributed by atoms with van der Waals surface area (Å²) in [6.45, 7) is 0.796. The molecule has 0 radical (unpaired) electrons. The van der Waals surface area contributed by atoms with E-state index in [0.29, 0.717) is 5.69 Å². The van der Waals surface area contributed by atoms with Crippen molar-refractivity contribution in [3.8, 4) is 6.07 Å². The molecule has 0 heterocycles. The number of allylic oxidation sites excluding steroid dienone is 1. The summed E-state index contributed by atoms with van der Waals surface area (Å²) in [5.41, 5.74) is 12.2. The lowest BCUT2D eigenvalue weighted by atomic mass is 9.97. The Balaban J connectivity index is 2.47. The summed E-state index contributed by atoms with van der Waals surface area (Å²) >= 11 is 1.13. The molecule has 3 nitrogen and oxygen atoms in total. The molecular formula is C17H15F2N3S. The van der Waals surface area contributed by atoms with E-state index in [0.717, 1.165) is 23.6 Å². The summed E-state index contributed by atoms with van der Waals surface area (Å²) in [5.74, 6) is -3.06. The van der Waals surface area contributed by atoms with Crippen molar-refractivity contribution >= 4 is 23.0 Å². The number of thioether (sulfide) groups is 1. The quantitative estimate of drug-likeness (QED) is 0.497. The summed E-state index contributed by atoms with van der Waals surface area (Å²) in [6, 6.07) is 14.7. The van der Waals surface area contributed by atoms with Crippen LogP contribution < -0.4 is 11.5 Å². The molecule has 2 aromatic rings. The van der Waals surface area contributed by atoms with Gasteiger partial charge in [-0.05, 0) is 24.3 Å². The zero-order valence-corrected chi connectivity index (χ0v) is 13.2. The number of nitrogens with two attached hydrogens (primary N) is 2. The predicted octanol–water partition coefficient (Wildman–Crippen LogP) is 4.32. The van der Waals surface area contributed by atoms with Crippen LogP contribution in [-0.2, 0) is 5.92 Å². The second-order valence-electron chi connectivity index (χ2n) is 4.96. The molecule has 0 aliphatic rings. The molecule has 0 aliphatic carbocycles. The first-order chi connectivity index (χ1) is 10.8. The van der Waals surface area contributed by atoms with Gasteiger partial charge in [0.25, 0.3) is 5.92 Å². The van der Waals surface area contributed by atoms with Gasteiger partial charge in [0.1, 0.15) is 6.07 Å². The molecule has 0 aromatic heterocycles. The van der Waals surface area contributed by atoms with Gasteiger partial charge in [-0.2, -0.15) is 5.26 Å². The maximum atomic E-state index is 13.8. The Labute approximate surface area is 137 Å². The van der Waals surface area contributed by atoms with Gasteiger partial charge in [0.05, 0.1) is 10.6 Å². The predicted molar refractivity (Wildman–Crippen MR) is 89.4 cm³/mol. The largest absolute Gasteiger partial charge is 0.399 e. The molecule has 0 bridgehead atoms. The summed E-state index contributed by atoms with van der Waals surface area (Å²) in [5, 5.41) is 9.56. The van der Waals surface area contributed by atoms with Gasteiger partial charge in [0, 0.05) is 28.6 Å². The van der Waals surface area contributed by atoms with Crippen LogP contribution in [0.5, 0.6) is 0 Å². The van der Waals surface area contributed by atoms with Gasteiger partial charge in [-0.15, -0.1) is 0 Å². The number of halogens is 2. The van der Waals surface area contributed by atoms with Gasteiger partial charge < -0.3 is 11.5 Å². The number of nitriles is 1. The van der Waals surface area contributed by atoms with Crippen molar-refractivity contribution in [2.24, 2.45) is 5.73 Å². The Bertz CT molecular complexity index is 772. The SMILES string of the molecule is CC(F)(F)c1ccccc1/C(C#N)=C(/N)Sc1ccc(N)cc1. The number of nitrogen functional groups attached to an aromatic ring is 1. The zero-order valence-electron chi connectivity index (χ0n) is 12.4. The number of hydrogen-bond donors (Lipinski definition) is 2. The van der Waals surface area contributed by atoms with E-state index < -0.39 is 5.92 Å². The van der Waals surface area contributed by atoms with E-state index in [9.17, 15) is 14.0 Å². The van der Waals surface area contributed by atoms with Crippen LogP contribution in [0.2, 0.25) is 0 Å². The number of benzene rings is 2. The molecule has 2 rings (SSSR count). The van der Waals surface area contributed by atoms with Gasteiger partial charge in [-0.25, -0.2) is 8.78 Å². The van der Waals surface area contributed by atoms with Crippen LogP contribution in [-0.4, -0.2) is 0 Å². The average Bonchev–Trinajstić information content (AvgIpc) is 2.50. The Morgan fingerprint density at radius 3 is 2.30 bits per heavy atom. The second-order valence-corrected chi connectivity index (χ2v) is 6.07. The van der Waals surface area contributed by atoms with Gasteiger partial charge in [-0.3, -0.25) is 0 Å². The van der Waals surface area contributed by atoms with Gasteiger partial charge >= 0.3 is 0 Å². The van der Waals surface area contributed by atoms with E-state index in [4.69, 9.17) is 11.5 Å². The maximum absolute atomic E-state index is 13.8. The molecule has 23 heavy (non-hydrogen) atoms. The van der Waals surface area contributed by atoms with Crippen molar-refractivity contribution in [2.75, 3.05) is 5.73 Å². The third kappa shape index (κ3) is 4.02. The molecule has 0 saturated heterocycles. The standard InChI is InChI=1S/C17H15F2N3S/c1-17(18,19)15-5-3-2-4-13(15)14(10-20)16(22)23-12-8-6-11(21)7-9-12/h2-9H,21-22H2,1H3/b16-14-. The summed E-state index contributed by atoms with van der Waals surface area (Å²) in [7, 11) is 0. The van der Waals surface area contributed by atoms with E-state index >= 15 is 0 Å². The molecule has 0 atom stereocenters. The fourth-order valence-corrected chi connectivity index (χ4v) is 2.83. The smallest absolute Gasteiger partial charge is 0.271 e. The Morgan fingerprint density at radius 1 is 1.13 bits per heavy atom. The highest BCUT2D eigenvalue weighted by atomic mass is 32.2. The number of nitrogens with zero attached hydrogens (tertiary/aromatic N) is 1. The van der Waals surface area contributed by atoms with Crippen LogP contribution in [0.15, 0.2) is 58.5 Å². The summed E-state index contributed by atoms with van der Waals surface area (Å²) in [6.07, 6.45) is 0. The van der Waals surface area contributed by atoms with Crippen LogP contribution >= 0.6 is 11.8 Å². The van der Waals surface area contributed by atoms with Gasteiger partial charge in [0.15, 0.2) is 0 Å². The molecular weight excluding hydrogens is 316 g/mol. The van der Waals surface area contributed by atoms with E-state index in [1.807, 2.05) is 6.07 Å². The molecule has 0 spiro atoms. The molecule has 0 amide bonds.